The van der Waals surface area contributed by atoms with Crippen molar-refractivity contribution in [2.75, 3.05) is 23.9 Å². The zero-order valence-electron chi connectivity index (χ0n) is 12.6. The summed E-state index contributed by atoms with van der Waals surface area (Å²) < 4.78 is 4.60. The van der Waals surface area contributed by atoms with Crippen LogP contribution in [0, 0.1) is 11.3 Å². The van der Waals surface area contributed by atoms with Crippen LogP contribution in [0.15, 0.2) is 35.6 Å². The molecule has 24 heavy (non-hydrogen) atoms. The highest BCUT2D eigenvalue weighted by Crippen LogP contribution is 2.17. The second kappa shape index (κ2) is 7.94. The molecule has 0 unspecified atom stereocenters. The number of amides is 1. The van der Waals surface area contributed by atoms with Crippen LogP contribution in [0.3, 0.4) is 0 Å². The monoisotopic (exact) mass is 343 g/mol. The lowest BCUT2D eigenvalue weighted by Gasteiger charge is -2.06. The summed E-state index contributed by atoms with van der Waals surface area (Å²) in [5.74, 6) is -0.561. The minimum Gasteiger partial charge on any atom is -0.465 e. The number of carbonyl (C=O) groups excluding carboxylic acids is 2. The molecule has 3 N–H and O–H groups in total. The number of rotatable bonds is 5. The van der Waals surface area contributed by atoms with E-state index in [0.29, 0.717) is 16.4 Å². The molecule has 0 atom stereocenters. The Morgan fingerprint density at radius 1 is 1.38 bits per heavy atom. The SMILES string of the molecule is COC(=O)c1ccc(NC(=O)CSc2ncc(C#N)c(N)n2)cc1. The average Bonchev–Trinajstić information content (AvgIpc) is 2.60. The molecule has 8 nitrogen and oxygen atoms in total. The van der Waals surface area contributed by atoms with Crippen molar-refractivity contribution in [3.05, 3.63) is 41.6 Å². The van der Waals surface area contributed by atoms with E-state index in [1.54, 1.807) is 24.3 Å². The molecule has 9 heteroatoms. The third-order valence-electron chi connectivity index (χ3n) is 2.84. The van der Waals surface area contributed by atoms with Gasteiger partial charge in [-0.25, -0.2) is 14.8 Å². The molecule has 0 radical (unpaired) electrons. The van der Waals surface area contributed by atoms with Crippen LogP contribution in [-0.2, 0) is 9.53 Å². The first-order valence-electron chi connectivity index (χ1n) is 6.67. The lowest BCUT2D eigenvalue weighted by atomic mass is 10.2. The zero-order chi connectivity index (χ0) is 17.5. The molecule has 0 fully saturated rings. The summed E-state index contributed by atoms with van der Waals surface area (Å²) >= 11 is 1.10. The number of nitrogens with two attached hydrogens (primary N) is 1. The Labute approximate surface area is 142 Å². The first-order valence-corrected chi connectivity index (χ1v) is 7.65. The molecule has 1 aromatic carbocycles. The van der Waals surface area contributed by atoms with Gasteiger partial charge in [0.25, 0.3) is 0 Å². The number of aromatic nitrogens is 2. The Balaban J connectivity index is 1.90. The number of hydrogen-bond acceptors (Lipinski definition) is 8. The molecule has 0 aliphatic rings. The predicted molar refractivity (Wildman–Crippen MR) is 88.3 cm³/mol. The molecule has 122 valence electrons. The van der Waals surface area contributed by atoms with Gasteiger partial charge in [0.15, 0.2) is 5.16 Å². The minimum absolute atomic E-state index is 0.0735. The normalized spacial score (nSPS) is 9.83. The number of carbonyl (C=O) groups is 2. The van der Waals surface area contributed by atoms with Crippen molar-refractivity contribution in [2.24, 2.45) is 0 Å². The van der Waals surface area contributed by atoms with Crippen LogP contribution in [0.5, 0.6) is 0 Å². The number of nitrogens with one attached hydrogen (secondary N) is 1. The lowest BCUT2D eigenvalue weighted by molar-refractivity contribution is -0.113. The Morgan fingerprint density at radius 3 is 2.67 bits per heavy atom. The molecule has 0 aliphatic carbocycles. The standard InChI is InChI=1S/C15H13N5O3S/c1-23-14(22)9-2-4-11(5-3-9)19-12(21)8-24-15-18-7-10(6-16)13(17)20-15/h2-5,7H,8H2,1H3,(H,19,21)(H2,17,18,20). The topological polar surface area (TPSA) is 131 Å². The van der Waals surface area contributed by atoms with Crippen LogP contribution in [0.2, 0.25) is 0 Å². The van der Waals surface area contributed by atoms with Crippen molar-refractivity contribution in [3.8, 4) is 6.07 Å². The molecule has 1 aromatic heterocycles. The molecular formula is C15H13N5O3S. The molecule has 0 bridgehead atoms. The van der Waals surface area contributed by atoms with Crippen molar-refractivity contribution < 1.29 is 14.3 Å². The summed E-state index contributed by atoms with van der Waals surface area (Å²) in [6.07, 6.45) is 1.31. The van der Waals surface area contributed by atoms with Gasteiger partial charge in [-0.3, -0.25) is 4.79 Å². The number of benzene rings is 1. The largest absolute Gasteiger partial charge is 0.465 e. The number of ether oxygens (including phenoxy) is 1. The fourth-order valence-electron chi connectivity index (χ4n) is 1.67. The summed E-state index contributed by atoms with van der Waals surface area (Å²) in [5.41, 5.74) is 6.72. The maximum Gasteiger partial charge on any atom is 0.337 e. The number of nitrogen functional groups attached to an aromatic ring is 1. The zero-order valence-corrected chi connectivity index (χ0v) is 13.5. The first-order chi connectivity index (χ1) is 11.5. The highest BCUT2D eigenvalue weighted by Gasteiger charge is 2.09. The van der Waals surface area contributed by atoms with Crippen LogP contribution in [0.4, 0.5) is 11.5 Å². The van der Waals surface area contributed by atoms with E-state index in [1.165, 1.54) is 13.3 Å². The molecular weight excluding hydrogens is 330 g/mol. The van der Waals surface area contributed by atoms with Crippen molar-refractivity contribution >= 4 is 35.1 Å². The Morgan fingerprint density at radius 2 is 2.08 bits per heavy atom. The molecule has 0 aliphatic heterocycles. The van der Waals surface area contributed by atoms with Gasteiger partial charge in [0.1, 0.15) is 17.5 Å². The van der Waals surface area contributed by atoms with E-state index in [0.717, 1.165) is 11.8 Å². The average molecular weight is 343 g/mol. The lowest BCUT2D eigenvalue weighted by Crippen LogP contribution is -2.14. The summed E-state index contributed by atoms with van der Waals surface area (Å²) in [6, 6.07) is 8.18. The van der Waals surface area contributed by atoms with Gasteiger partial charge in [-0.2, -0.15) is 5.26 Å². The van der Waals surface area contributed by atoms with E-state index in [1.807, 2.05) is 6.07 Å². The number of nitriles is 1. The Kier molecular flexibility index (Phi) is 5.70. The molecule has 1 amide bonds. The van der Waals surface area contributed by atoms with Gasteiger partial charge in [0, 0.05) is 5.69 Å². The van der Waals surface area contributed by atoms with Crippen LogP contribution in [0.1, 0.15) is 15.9 Å². The van der Waals surface area contributed by atoms with Gasteiger partial charge in [-0.1, -0.05) is 11.8 Å². The number of methoxy groups -OCH3 is 1. The first kappa shape index (κ1) is 17.2. The highest BCUT2D eigenvalue weighted by molar-refractivity contribution is 7.99. The van der Waals surface area contributed by atoms with E-state index >= 15 is 0 Å². The molecule has 1 heterocycles. The number of thioether (sulfide) groups is 1. The van der Waals surface area contributed by atoms with E-state index < -0.39 is 5.97 Å². The fraction of sp³-hybridized carbons (Fsp3) is 0.133. The van der Waals surface area contributed by atoms with E-state index in [2.05, 4.69) is 20.0 Å². The van der Waals surface area contributed by atoms with Gasteiger partial charge in [0.05, 0.1) is 24.6 Å². The predicted octanol–water partition coefficient (Wildman–Crippen LogP) is 1.45. The van der Waals surface area contributed by atoms with E-state index in [9.17, 15) is 9.59 Å². The van der Waals surface area contributed by atoms with Gasteiger partial charge in [-0.05, 0) is 24.3 Å². The smallest absolute Gasteiger partial charge is 0.337 e. The van der Waals surface area contributed by atoms with Gasteiger partial charge < -0.3 is 15.8 Å². The van der Waals surface area contributed by atoms with Crippen LogP contribution < -0.4 is 11.1 Å². The molecule has 0 saturated carbocycles. The molecule has 0 spiro atoms. The Bertz CT molecular complexity index is 802. The van der Waals surface area contributed by atoms with Crippen LogP contribution in [0.25, 0.3) is 0 Å². The number of hydrogen-bond donors (Lipinski definition) is 2. The Hall–Kier alpha value is -3.12. The summed E-state index contributed by atoms with van der Waals surface area (Å²) in [5, 5.41) is 11.7. The third kappa shape index (κ3) is 4.44. The molecule has 2 rings (SSSR count). The number of esters is 1. The van der Waals surface area contributed by atoms with E-state index in [-0.39, 0.29) is 23.0 Å². The summed E-state index contributed by atoms with van der Waals surface area (Å²) in [7, 11) is 1.30. The molecule has 0 saturated heterocycles. The maximum atomic E-state index is 11.9. The summed E-state index contributed by atoms with van der Waals surface area (Å²) in [4.78, 5) is 31.1. The fourth-order valence-corrected chi connectivity index (χ4v) is 2.29. The number of nitrogens with zero attached hydrogens (tertiary/aromatic N) is 3. The van der Waals surface area contributed by atoms with Gasteiger partial charge in [-0.15, -0.1) is 0 Å². The number of anilines is 2. The summed E-state index contributed by atoms with van der Waals surface area (Å²) in [6.45, 7) is 0. The second-order valence-corrected chi connectivity index (χ2v) is 5.41. The van der Waals surface area contributed by atoms with E-state index in [4.69, 9.17) is 11.0 Å². The van der Waals surface area contributed by atoms with Crippen molar-refractivity contribution in [3.63, 3.8) is 0 Å². The van der Waals surface area contributed by atoms with Gasteiger partial charge in [0.2, 0.25) is 5.91 Å². The van der Waals surface area contributed by atoms with Crippen LogP contribution in [-0.4, -0.2) is 34.7 Å². The molecule has 2 aromatic rings. The quantitative estimate of drug-likeness (QED) is 0.474. The third-order valence-corrected chi connectivity index (χ3v) is 3.70. The second-order valence-electron chi connectivity index (χ2n) is 4.47. The van der Waals surface area contributed by atoms with Crippen LogP contribution >= 0.6 is 11.8 Å². The van der Waals surface area contributed by atoms with Crippen molar-refractivity contribution in [2.45, 2.75) is 5.16 Å². The minimum atomic E-state index is -0.445. The highest BCUT2D eigenvalue weighted by atomic mass is 32.2. The van der Waals surface area contributed by atoms with Gasteiger partial charge >= 0.3 is 5.97 Å². The maximum absolute atomic E-state index is 11.9. The van der Waals surface area contributed by atoms with Crippen molar-refractivity contribution in [1.82, 2.24) is 9.97 Å². The van der Waals surface area contributed by atoms with Crippen molar-refractivity contribution in [1.29, 1.82) is 5.26 Å².